The van der Waals surface area contributed by atoms with E-state index in [1.54, 1.807) is 17.6 Å². The van der Waals surface area contributed by atoms with E-state index in [-0.39, 0.29) is 11.2 Å². The van der Waals surface area contributed by atoms with Crippen LogP contribution in [0.5, 0.6) is 0 Å². The van der Waals surface area contributed by atoms with E-state index >= 15 is 0 Å². The zero-order valence-corrected chi connectivity index (χ0v) is 18.7. The Balaban J connectivity index is 1.37. The van der Waals surface area contributed by atoms with Crippen LogP contribution in [-0.2, 0) is 24.3 Å². The molecule has 0 radical (unpaired) electrons. The molecule has 0 aliphatic carbocycles. The highest BCUT2D eigenvalue weighted by atomic mass is 32.2. The predicted molar refractivity (Wildman–Crippen MR) is 122 cm³/mol. The minimum Gasteiger partial charge on any atom is -0.461 e. The number of benzene rings is 1. The van der Waals surface area contributed by atoms with Gasteiger partial charge in [-0.3, -0.25) is 9.36 Å². The third-order valence-corrected chi connectivity index (χ3v) is 7.48. The Labute approximate surface area is 188 Å². The van der Waals surface area contributed by atoms with Crippen LogP contribution in [0, 0.1) is 0 Å². The summed E-state index contributed by atoms with van der Waals surface area (Å²) in [5.74, 6) is 1.46. The molecule has 158 valence electrons. The third-order valence-electron chi connectivity index (χ3n) is 5.39. The first-order valence-corrected chi connectivity index (χ1v) is 12.0. The van der Waals surface area contributed by atoms with E-state index in [2.05, 4.69) is 33.8 Å². The number of fused-ring (bicyclic) bond motifs is 1. The van der Waals surface area contributed by atoms with Crippen LogP contribution < -0.4 is 0 Å². The van der Waals surface area contributed by atoms with E-state index in [1.807, 2.05) is 46.7 Å². The molecule has 0 fully saturated rings. The molecule has 1 unspecified atom stereocenters. The van der Waals surface area contributed by atoms with Crippen molar-refractivity contribution in [3.63, 3.8) is 0 Å². The Kier molecular flexibility index (Phi) is 5.65. The summed E-state index contributed by atoms with van der Waals surface area (Å²) in [6.07, 6.45) is 2.56. The quantitative estimate of drug-likeness (QED) is 0.398. The second-order valence-electron chi connectivity index (χ2n) is 7.49. The summed E-state index contributed by atoms with van der Waals surface area (Å²) in [5.41, 5.74) is 2.41. The monoisotopic (exact) mass is 450 g/mol. The van der Waals surface area contributed by atoms with Crippen molar-refractivity contribution in [1.82, 2.24) is 19.7 Å². The number of nitrogens with zero attached hydrogens (tertiary/aromatic N) is 4. The number of thioether (sulfide) groups is 1. The number of aromatic nitrogens is 3. The van der Waals surface area contributed by atoms with Crippen LogP contribution in [-0.4, -0.2) is 37.4 Å². The van der Waals surface area contributed by atoms with Crippen LogP contribution in [0.3, 0.4) is 0 Å². The molecule has 5 rings (SSSR count). The first kappa shape index (κ1) is 20.1. The molecule has 0 bridgehead atoms. The average Bonchev–Trinajstić information content (AvgIpc) is 3.55. The Morgan fingerprint density at radius 1 is 1.19 bits per heavy atom. The van der Waals surface area contributed by atoms with Gasteiger partial charge >= 0.3 is 0 Å². The number of rotatable bonds is 6. The number of thiophene rings is 1. The van der Waals surface area contributed by atoms with Gasteiger partial charge in [-0.1, -0.05) is 42.1 Å². The fourth-order valence-electron chi connectivity index (χ4n) is 3.77. The SMILES string of the molecule is CC(Sc1nnc(-c2ccco2)n1Cc1ccccc1)C(=O)N1CCc2sccc2C1. The number of carbonyl (C=O) groups is 1. The Bertz CT molecular complexity index is 1170. The summed E-state index contributed by atoms with van der Waals surface area (Å²) in [6, 6.07) is 16.0. The van der Waals surface area contributed by atoms with Gasteiger partial charge in [-0.05, 0) is 48.1 Å². The van der Waals surface area contributed by atoms with Gasteiger partial charge in [0.15, 0.2) is 10.9 Å². The van der Waals surface area contributed by atoms with Crippen molar-refractivity contribution in [1.29, 1.82) is 0 Å². The summed E-state index contributed by atoms with van der Waals surface area (Å²) in [4.78, 5) is 16.5. The van der Waals surface area contributed by atoms with Crippen molar-refractivity contribution < 1.29 is 9.21 Å². The van der Waals surface area contributed by atoms with E-state index in [0.29, 0.717) is 29.8 Å². The molecule has 1 aliphatic rings. The Morgan fingerprint density at radius 3 is 2.87 bits per heavy atom. The third kappa shape index (κ3) is 4.18. The maximum Gasteiger partial charge on any atom is 0.236 e. The zero-order chi connectivity index (χ0) is 21.2. The number of carbonyl (C=O) groups excluding carboxylic acids is 1. The molecule has 0 spiro atoms. The minimum atomic E-state index is -0.261. The van der Waals surface area contributed by atoms with E-state index in [9.17, 15) is 4.79 Å². The molecule has 4 aromatic rings. The molecule has 0 saturated carbocycles. The zero-order valence-electron chi connectivity index (χ0n) is 17.1. The number of hydrogen-bond acceptors (Lipinski definition) is 6. The number of hydrogen-bond donors (Lipinski definition) is 0. The smallest absolute Gasteiger partial charge is 0.236 e. The molecule has 1 amide bonds. The summed E-state index contributed by atoms with van der Waals surface area (Å²) >= 11 is 3.23. The number of amides is 1. The molecular formula is C23H22N4O2S2. The van der Waals surface area contributed by atoms with Crippen molar-refractivity contribution in [3.8, 4) is 11.6 Å². The lowest BCUT2D eigenvalue weighted by molar-refractivity contribution is -0.131. The second-order valence-corrected chi connectivity index (χ2v) is 9.80. The van der Waals surface area contributed by atoms with Crippen LogP contribution in [0.15, 0.2) is 69.7 Å². The van der Waals surface area contributed by atoms with Gasteiger partial charge in [0, 0.05) is 18.0 Å². The van der Waals surface area contributed by atoms with E-state index in [1.165, 1.54) is 22.2 Å². The van der Waals surface area contributed by atoms with Gasteiger partial charge in [-0.2, -0.15) is 0 Å². The largest absolute Gasteiger partial charge is 0.461 e. The van der Waals surface area contributed by atoms with Crippen molar-refractivity contribution in [3.05, 3.63) is 76.2 Å². The highest BCUT2D eigenvalue weighted by Gasteiger charge is 2.28. The van der Waals surface area contributed by atoms with Gasteiger partial charge in [0.1, 0.15) is 0 Å². The topological polar surface area (TPSA) is 64.2 Å². The maximum absolute atomic E-state index is 13.2. The van der Waals surface area contributed by atoms with Gasteiger partial charge in [0.05, 0.1) is 18.1 Å². The summed E-state index contributed by atoms with van der Waals surface area (Å²) < 4.78 is 7.60. The lowest BCUT2D eigenvalue weighted by Crippen LogP contribution is -2.39. The van der Waals surface area contributed by atoms with Crippen LogP contribution in [0.4, 0.5) is 0 Å². The molecule has 0 saturated heterocycles. The molecule has 0 N–H and O–H groups in total. The fourth-order valence-corrected chi connectivity index (χ4v) is 5.60. The van der Waals surface area contributed by atoms with Crippen LogP contribution in [0.1, 0.15) is 22.9 Å². The highest BCUT2D eigenvalue weighted by Crippen LogP contribution is 2.30. The first-order valence-electron chi connectivity index (χ1n) is 10.2. The van der Waals surface area contributed by atoms with Gasteiger partial charge in [0.2, 0.25) is 11.7 Å². The van der Waals surface area contributed by atoms with Gasteiger partial charge < -0.3 is 9.32 Å². The molecule has 31 heavy (non-hydrogen) atoms. The van der Waals surface area contributed by atoms with E-state index < -0.39 is 0 Å². The first-order chi connectivity index (χ1) is 15.2. The average molecular weight is 451 g/mol. The van der Waals surface area contributed by atoms with Crippen LogP contribution >= 0.6 is 23.1 Å². The van der Waals surface area contributed by atoms with Crippen molar-refractivity contribution in [2.24, 2.45) is 0 Å². The summed E-state index contributed by atoms with van der Waals surface area (Å²) in [6.45, 7) is 4.02. The molecule has 8 heteroatoms. The van der Waals surface area contributed by atoms with Crippen LogP contribution in [0.25, 0.3) is 11.6 Å². The predicted octanol–water partition coefficient (Wildman–Crippen LogP) is 4.71. The normalized spacial score (nSPS) is 14.4. The Hall–Kier alpha value is -2.84. The Morgan fingerprint density at radius 2 is 2.06 bits per heavy atom. The van der Waals surface area contributed by atoms with Crippen molar-refractivity contribution >= 4 is 29.0 Å². The highest BCUT2D eigenvalue weighted by molar-refractivity contribution is 8.00. The molecule has 1 aliphatic heterocycles. The summed E-state index contributed by atoms with van der Waals surface area (Å²) in [7, 11) is 0. The lowest BCUT2D eigenvalue weighted by atomic mass is 10.1. The fraction of sp³-hybridized carbons (Fsp3) is 0.261. The molecule has 1 atom stereocenters. The molecule has 3 aromatic heterocycles. The lowest BCUT2D eigenvalue weighted by Gasteiger charge is -2.29. The van der Waals surface area contributed by atoms with Gasteiger partial charge in [0.25, 0.3) is 0 Å². The van der Waals surface area contributed by atoms with Crippen molar-refractivity contribution in [2.75, 3.05) is 6.54 Å². The van der Waals surface area contributed by atoms with Crippen LogP contribution in [0.2, 0.25) is 0 Å². The molecular weight excluding hydrogens is 428 g/mol. The molecule has 1 aromatic carbocycles. The second kappa shape index (κ2) is 8.72. The van der Waals surface area contributed by atoms with E-state index in [0.717, 1.165) is 18.5 Å². The van der Waals surface area contributed by atoms with Crippen molar-refractivity contribution in [2.45, 2.75) is 36.8 Å². The van der Waals surface area contributed by atoms with E-state index in [4.69, 9.17) is 4.42 Å². The minimum absolute atomic E-state index is 0.135. The molecule has 6 nitrogen and oxygen atoms in total. The summed E-state index contributed by atoms with van der Waals surface area (Å²) in [5, 5.41) is 11.3. The maximum atomic E-state index is 13.2. The van der Waals surface area contributed by atoms with Gasteiger partial charge in [-0.15, -0.1) is 21.5 Å². The standard InChI is InChI=1S/C23H22N4O2S2/c1-16(22(28)26-11-9-20-18(15-26)10-13-30-20)31-23-25-24-21(19-8-5-12-29-19)27(23)14-17-6-3-2-4-7-17/h2-8,10,12-13,16H,9,11,14-15H2,1H3. The molecule has 4 heterocycles. The van der Waals surface area contributed by atoms with Gasteiger partial charge in [-0.25, -0.2) is 0 Å². The number of furan rings is 1.